The van der Waals surface area contributed by atoms with E-state index in [9.17, 15) is 10.1 Å². The number of rotatable bonds is 3. The largest absolute Gasteiger partial charge is 0.496 e. The van der Waals surface area contributed by atoms with Crippen LogP contribution in [-0.2, 0) is 0 Å². The fourth-order valence-electron chi connectivity index (χ4n) is 1.26. The van der Waals surface area contributed by atoms with Crippen LogP contribution in [-0.4, -0.2) is 12.0 Å². The van der Waals surface area contributed by atoms with Crippen LogP contribution in [0.4, 0.5) is 5.69 Å². The molecule has 0 saturated carbocycles. The fraction of sp³-hybridized carbons (Fsp3) is 0.273. The van der Waals surface area contributed by atoms with E-state index in [1.54, 1.807) is 13.0 Å². The lowest BCUT2D eigenvalue weighted by atomic mass is 10.0. The average molecular weight is 205 g/mol. The molecule has 0 amide bonds. The predicted molar refractivity (Wildman–Crippen MR) is 56.9 cm³/mol. The zero-order valence-electron chi connectivity index (χ0n) is 8.56. The third-order valence-electron chi connectivity index (χ3n) is 2.14. The summed E-state index contributed by atoms with van der Waals surface area (Å²) in [5.41, 5.74) is 0.683. The van der Waals surface area contributed by atoms with Crippen LogP contribution >= 0.6 is 0 Å². The number of benzene rings is 1. The molecule has 0 aliphatic rings. The van der Waals surface area contributed by atoms with Gasteiger partial charge in [-0.25, -0.2) is 0 Å². The van der Waals surface area contributed by atoms with Gasteiger partial charge in [-0.3, -0.25) is 10.1 Å². The van der Waals surface area contributed by atoms with Crippen molar-refractivity contribution in [3.63, 3.8) is 0 Å². The minimum atomic E-state index is -0.452. The first-order valence-corrected chi connectivity index (χ1v) is 4.38. The number of ether oxygens (including phenoxy) is 1. The van der Waals surface area contributed by atoms with Crippen molar-refractivity contribution in [1.82, 2.24) is 0 Å². The third kappa shape index (κ3) is 2.26. The van der Waals surface area contributed by atoms with Gasteiger partial charge >= 0.3 is 0 Å². The Labute approximate surface area is 88.0 Å². The molecule has 1 rings (SSSR count). The number of nitro benzene ring substituents is 1. The van der Waals surface area contributed by atoms with Crippen LogP contribution < -0.4 is 4.74 Å². The maximum atomic E-state index is 10.6. The zero-order valence-corrected chi connectivity index (χ0v) is 8.56. The third-order valence-corrected chi connectivity index (χ3v) is 2.14. The number of hydrogen-bond acceptors (Lipinski definition) is 3. The summed E-state index contributed by atoms with van der Waals surface area (Å²) < 4.78 is 5.08. The Bertz CT molecular complexity index is 420. The molecule has 4 nitrogen and oxygen atoms in total. The highest BCUT2D eigenvalue weighted by Crippen LogP contribution is 2.29. The molecule has 0 radical (unpaired) electrons. The summed E-state index contributed by atoms with van der Waals surface area (Å²) in [6.45, 7) is 1.79. The second kappa shape index (κ2) is 4.47. The molecule has 1 aromatic rings. The monoisotopic (exact) mass is 205 g/mol. The highest BCUT2D eigenvalue weighted by Gasteiger charge is 2.14. The topological polar surface area (TPSA) is 52.4 Å². The van der Waals surface area contributed by atoms with E-state index in [0.717, 1.165) is 0 Å². The quantitative estimate of drug-likeness (QED) is 0.432. The molecule has 4 heteroatoms. The number of nitrogens with zero attached hydrogens (tertiary/aromatic N) is 1. The number of methoxy groups -OCH3 is 1. The van der Waals surface area contributed by atoms with Gasteiger partial charge in [-0.15, -0.1) is 6.42 Å². The van der Waals surface area contributed by atoms with Crippen molar-refractivity contribution >= 4 is 5.69 Å². The first-order valence-electron chi connectivity index (χ1n) is 4.38. The maximum absolute atomic E-state index is 10.6. The van der Waals surface area contributed by atoms with Crippen molar-refractivity contribution in [2.75, 3.05) is 7.11 Å². The van der Waals surface area contributed by atoms with Crippen molar-refractivity contribution in [3.05, 3.63) is 33.9 Å². The van der Waals surface area contributed by atoms with E-state index in [0.29, 0.717) is 11.3 Å². The summed E-state index contributed by atoms with van der Waals surface area (Å²) in [5, 5.41) is 10.6. The zero-order chi connectivity index (χ0) is 11.4. The van der Waals surface area contributed by atoms with Crippen molar-refractivity contribution in [1.29, 1.82) is 0 Å². The SMILES string of the molecule is C#CC(C)c1cc([N+](=O)[O-])ccc1OC. The molecule has 0 N–H and O–H groups in total. The normalized spacial score (nSPS) is 11.5. The Morgan fingerprint density at radius 2 is 2.27 bits per heavy atom. The lowest BCUT2D eigenvalue weighted by molar-refractivity contribution is -0.384. The maximum Gasteiger partial charge on any atom is 0.270 e. The summed E-state index contributed by atoms with van der Waals surface area (Å²) in [6, 6.07) is 4.40. The Hall–Kier alpha value is -2.02. The van der Waals surface area contributed by atoms with Crippen LogP contribution in [0.1, 0.15) is 18.4 Å². The van der Waals surface area contributed by atoms with Gasteiger partial charge in [0, 0.05) is 23.6 Å². The molecule has 1 unspecified atom stereocenters. The standard InChI is InChI=1S/C11H11NO3/c1-4-8(2)10-7-9(12(13)14)5-6-11(10)15-3/h1,5-8H,2-3H3. The van der Waals surface area contributed by atoms with E-state index in [1.165, 1.54) is 19.2 Å². The molecule has 0 aliphatic carbocycles. The molecule has 0 heterocycles. The van der Waals surface area contributed by atoms with Gasteiger partial charge in [-0.2, -0.15) is 0 Å². The van der Waals surface area contributed by atoms with E-state index >= 15 is 0 Å². The minimum absolute atomic E-state index is 0.0212. The molecule has 0 aliphatic heterocycles. The highest BCUT2D eigenvalue weighted by molar-refractivity contribution is 5.47. The Morgan fingerprint density at radius 1 is 1.60 bits per heavy atom. The molecule has 0 fully saturated rings. The molecule has 78 valence electrons. The lowest BCUT2D eigenvalue weighted by Gasteiger charge is -2.10. The van der Waals surface area contributed by atoms with Gasteiger partial charge in [0.15, 0.2) is 0 Å². The molecule has 15 heavy (non-hydrogen) atoms. The van der Waals surface area contributed by atoms with Crippen molar-refractivity contribution in [2.24, 2.45) is 0 Å². The summed E-state index contributed by atoms with van der Waals surface area (Å²) in [6.07, 6.45) is 5.28. The van der Waals surface area contributed by atoms with Gasteiger partial charge in [0.2, 0.25) is 0 Å². The van der Waals surface area contributed by atoms with Crippen LogP contribution in [0.5, 0.6) is 5.75 Å². The van der Waals surface area contributed by atoms with E-state index in [-0.39, 0.29) is 11.6 Å². The van der Waals surface area contributed by atoms with Gasteiger partial charge in [0.05, 0.1) is 12.0 Å². The summed E-state index contributed by atoms with van der Waals surface area (Å²) >= 11 is 0. The van der Waals surface area contributed by atoms with Crippen LogP contribution in [0.2, 0.25) is 0 Å². The van der Waals surface area contributed by atoms with Gasteiger partial charge in [0.25, 0.3) is 5.69 Å². The summed E-state index contributed by atoms with van der Waals surface area (Å²) in [5.74, 6) is 2.89. The number of terminal acetylenes is 1. The fourth-order valence-corrected chi connectivity index (χ4v) is 1.26. The van der Waals surface area contributed by atoms with Gasteiger partial charge in [-0.05, 0) is 13.0 Å². The van der Waals surface area contributed by atoms with E-state index in [2.05, 4.69) is 5.92 Å². The first kappa shape index (κ1) is 11.1. The number of nitro groups is 1. The first-order chi connectivity index (χ1) is 7.10. The Morgan fingerprint density at radius 3 is 2.73 bits per heavy atom. The lowest BCUT2D eigenvalue weighted by Crippen LogP contribution is -1.97. The number of hydrogen-bond donors (Lipinski definition) is 0. The number of non-ortho nitro benzene ring substituents is 1. The molecular weight excluding hydrogens is 194 g/mol. The highest BCUT2D eigenvalue weighted by atomic mass is 16.6. The van der Waals surface area contributed by atoms with Crippen LogP contribution in [0.25, 0.3) is 0 Å². The molecule has 0 aromatic heterocycles. The van der Waals surface area contributed by atoms with E-state index < -0.39 is 4.92 Å². The van der Waals surface area contributed by atoms with Gasteiger partial charge in [-0.1, -0.05) is 5.92 Å². The molecule has 0 saturated heterocycles. The van der Waals surface area contributed by atoms with Crippen molar-refractivity contribution < 1.29 is 9.66 Å². The van der Waals surface area contributed by atoms with Crippen molar-refractivity contribution in [3.8, 4) is 18.1 Å². The average Bonchev–Trinajstić information content (AvgIpc) is 2.27. The van der Waals surface area contributed by atoms with Crippen LogP contribution in [0.3, 0.4) is 0 Å². The molecular formula is C11H11NO3. The summed E-state index contributed by atoms with van der Waals surface area (Å²) in [4.78, 5) is 10.1. The molecule has 1 aromatic carbocycles. The second-order valence-electron chi connectivity index (χ2n) is 3.07. The minimum Gasteiger partial charge on any atom is -0.496 e. The van der Waals surface area contributed by atoms with E-state index in [1.807, 2.05) is 0 Å². The molecule has 1 atom stereocenters. The molecule has 0 spiro atoms. The van der Waals surface area contributed by atoms with Crippen LogP contribution in [0, 0.1) is 22.5 Å². The Kier molecular flexibility index (Phi) is 3.29. The Balaban J connectivity index is 3.26. The van der Waals surface area contributed by atoms with Crippen LogP contribution in [0.15, 0.2) is 18.2 Å². The summed E-state index contributed by atoms with van der Waals surface area (Å²) in [7, 11) is 1.51. The smallest absolute Gasteiger partial charge is 0.270 e. The molecule has 0 bridgehead atoms. The predicted octanol–water partition coefficient (Wildman–Crippen LogP) is 2.34. The van der Waals surface area contributed by atoms with Crippen molar-refractivity contribution in [2.45, 2.75) is 12.8 Å². The second-order valence-corrected chi connectivity index (χ2v) is 3.07. The van der Waals surface area contributed by atoms with E-state index in [4.69, 9.17) is 11.2 Å². The van der Waals surface area contributed by atoms with Gasteiger partial charge < -0.3 is 4.74 Å². The van der Waals surface area contributed by atoms with Gasteiger partial charge in [0.1, 0.15) is 5.75 Å².